The number of halogens is 2. The lowest BCUT2D eigenvalue weighted by Gasteiger charge is -2.13. The van der Waals surface area contributed by atoms with Gasteiger partial charge in [0.2, 0.25) is 5.03 Å². The molecule has 114 valence electrons. The standard InChI is InChI=1S/C13H15Cl2N3O2S/c1-9(7-10-3-5-11(14)6-4-10)17-21(19,20)13-12(15)18(2)8-16-13/h3-6,8-9,17H,7H2,1-2H3. The van der Waals surface area contributed by atoms with E-state index in [9.17, 15) is 8.42 Å². The molecular weight excluding hydrogens is 333 g/mol. The summed E-state index contributed by atoms with van der Waals surface area (Å²) in [6.07, 6.45) is 1.90. The average Bonchev–Trinajstić information content (AvgIpc) is 2.73. The fourth-order valence-corrected chi connectivity index (χ4v) is 3.71. The molecule has 0 radical (unpaired) electrons. The van der Waals surface area contributed by atoms with E-state index in [2.05, 4.69) is 9.71 Å². The van der Waals surface area contributed by atoms with Gasteiger partial charge in [-0.25, -0.2) is 18.1 Å². The monoisotopic (exact) mass is 347 g/mol. The molecule has 0 aliphatic heterocycles. The molecule has 5 nitrogen and oxygen atoms in total. The fraction of sp³-hybridized carbons (Fsp3) is 0.308. The SMILES string of the molecule is CC(Cc1ccc(Cl)cc1)NS(=O)(=O)c1ncn(C)c1Cl. The second-order valence-electron chi connectivity index (χ2n) is 4.80. The van der Waals surface area contributed by atoms with Crippen molar-refractivity contribution in [2.75, 3.05) is 0 Å². The molecule has 8 heteroatoms. The molecular formula is C13H15Cl2N3O2S. The van der Waals surface area contributed by atoms with Gasteiger partial charge >= 0.3 is 0 Å². The molecule has 2 rings (SSSR count). The Balaban J connectivity index is 2.09. The van der Waals surface area contributed by atoms with Crippen LogP contribution >= 0.6 is 23.2 Å². The van der Waals surface area contributed by atoms with Crippen LogP contribution in [0.1, 0.15) is 12.5 Å². The quantitative estimate of drug-likeness (QED) is 0.904. The lowest BCUT2D eigenvalue weighted by Crippen LogP contribution is -2.34. The summed E-state index contributed by atoms with van der Waals surface area (Å²) in [6.45, 7) is 1.78. The topological polar surface area (TPSA) is 64.0 Å². The average molecular weight is 348 g/mol. The summed E-state index contributed by atoms with van der Waals surface area (Å²) in [5.74, 6) is 0. The lowest BCUT2D eigenvalue weighted by atomic mass is 10.1. The van der Waals surface area contributed by atoms with Crippen molar-refractivity contribution in [3.8, 4) is 0 Å². The molecule has 0 amide bonds. The minimum atomic E-state index is -3.74. The Labute approximate surface area is 134 Å². The summed E-state index contributed by atoms with van der Waals surface area (Å²) in [7, 11) is -2.11. The number of aryl methyl sites for hydroxylation is 1. The largest absolute Gasteiger partial charge is 0.324 e. The van der Waals surface area contributed by atoms with E-state index < -0.39 is 10.0 Å². The molecule has 1 N–H and O–H groups in total. The summed E-state index contributed by atoms with van der Waals surface area (Å²) >= 11 is 11.7. The second kappa shape index (κ2) is 6.36. The Morgan fingerprint density at radius 1 is 1.29 bits per heavy atom. The van der Waals surface area contributed by atoms with Gasteiger partial charge < -0.3 is 4.57 Å². The summed E-state index contributed by atoms with van der Waals surface area (Å²) in [5, 5.41) is 0.572. The van der Waals surface area contributed by atoms with E-state index >= 15 is 0 Å². The number of hydrogen-bond donors (Lipinski definition) is 1. The Bertz CT molecular complexity index is 726. The van der Waals surface area contributed by atoms with Crippen molar-refractivity contribution in [2.45, 2.75) is 24.4 Å². The van der Waals surface area contributed by atoms with E-state index in [0.717, 1.165) is 5.56 Å². The van der Waals surface area contributed by atoms with Crippen LogP contribution in [0.4, 0.5) is 0 Å². The number of rotatable bonds is 5. The number of sulfonamides is 1. The highest BCUT2D eigenvalue weighted by Crippen LogP contribution is 2.19. The number of aromatic nitrogens is 2. The van der Waals surface area contributed by atoms with Gasteiger partial charge in [0.05, 0.1) is 6.33 Å². The maximum absolute atomic E-state index is 12.2. The number of imidazole rings is 1. The summed E-state index contributed by atoms with van der Waals surface area (Å²) in [5.41, 5.74) is 0.988. The molecule has 0 saturated heterocycles. The summed E-state index contributed by atoms with van der Waals surface area (Å²) < 4.78 is 28.5. The zero-order chi connectivity index (χ0) is 15.6. The minimum Gasteiger partial charge on any atom is -0.324 e. The van der Waals surface area contributed by atoms with Crippen LogP contribution in [0.2, 0.25) is 10.2 Å². The van der Waals surface area contributed by atoms with Crippen LogP contribution in [0.15, 0.2) is 35.6 Å². The lowest BCUT2D eigenvalue weighted by molar-refractivity contribution is 0.557. The van der Waals surface area contributed by atoms with Gasteiger partial charge in [0.25, 0.3) is 10.0 Å². The highest BCUT2D eigenvalue weighted by molar-refractivity contribution is 7.89. The van der Waals surface area contributed by atoms with Gasteiger partial charge in [0.1, 0.15) is 5.15 Å². The van der Waals surface area contributed by atoms with Gasteiger partial charge in [0, 0.05) is 18.1 Å². The van der Waals surface area contributed by atoms with Crippen LogP contribution in [0.25, 0.3) is 0 Å². The molecule has 0 saturated carbocycles. The van der Waals surface area contributed by atoms with Crippen LogP contribution in [-0.2, 0) is 23.5 Å². The van der Waals surface area contributed by atoms with E-state index in [0.29, 0.717) is 11.4 Å². The minimum absolute atomic E-state index is 0.0844. The van der Waals surface area contributed by atoms with Crippen LogP contribution in [-0.4, -0.2) is 24.0 Å². The summed E-state index contributed by atoms with van der Waals surface area (Å²) in [4.78, 5) is 3.82. The van der Waals surface area contributed by atoms with Gasteiger partial charge in [-0.15, -0.1) is 0 Å². The van der Waals surface area contributed by atoms with E-state index in [1.165, 1.54) is 10.9 Å². The van der Waals surface area contributed by atoms with Gasteiger partial charge in [-0.2, -0.15) is 0 Å². The van der Waals surface area contributed by atoms with Crippen LogP contribution < -0.4 is 4.72 Å². The molecule has 1 unspecified atom stereocenters. The van der Waals surface area contributed by atoms with Crippen molar-refractivity contribution in [1.29, 1.82) is 0 Å². The fourth-order valence-electron chi connectivity index (χ4n) is 1.91. The van der Waals surface area contributed by atoms with E-state index in [1.807, 2.05) is 12.1 Å². The van der Waals surface area contributed by atoms with Crippen molar-refractivity contribution in [3.05, 3.63) is 46.3 Å². The van der Waals surface area contributed by atoms with Gasteiger partial charge in [-0.3, -0.25) is 0 Å². The van der Waals surface area contributed by atoms with Gasteiger partial charge in [0.15, 0.2) is 0 Å². The van der Waals surface area contributed by atoms with Crippen molar-refractivity contribution < 1.29 is 8.42 Å². The predicted molar refractivity (Wildman–Crippen MR) is 83.2 cm³/mol. The number of benzene rings is 1. The second-order valence-corrected chi connectivity index (χ2v) is 7.23. The molecule has 1 aromatic carbocycles. The smallest absolute Gasteiger partial charge is 0.261 e. The van der Waals surface area contributed by atoms with Crippen molar-refractivity contribution >= 4 is 33.2 Å². The van der Waals surface area contributed by atoms with Gasteiger partial charge in [-0.05, 0) is 31.0 Å². The molecule has 1 atom stereocenters. The zero-order valence-corrected chi connectivity index (χ0v) is 13.9. The Morgan fingerprint density at radius 3 is 2.43 bits per heavy atom. The summed E-state index contributed by atoms with van der Waals surface area (Å²) in [6, 6.07) is 6.97. The number of nitrogens with zero attached hydrogens (tertiary/aromatic N) is 2. The first-order chi connectivity index (χ1) is 9.79. The zero-order valence-electron chi connectivity index (χ0n) is 11.5. The third-order valence-corrected chi connectivity index (χ3v) is 5.23. The molecule has 0 bridgehead atoms. The highest BCUT2D eigenvalue weighted by atomic mass is 35.5. The Kier molecular flexibility index (Phi) is 4.93. The van der Waals surface area contributed by atoms with E-state index in [4.69, 9.17) is 23.2 Å². The molecule has 21 heavy (non-hydrogen) atoms. The van der Waals surface area contributed by atoms with Crippen LogP contribution in [0.5, 0.6) is 0 Å². The molecule has 0 fully saturated rings. The van der Waals surface area contributed by atoms with Crippen molar-refractivity contribution in [2.24, 2.45) is 7.05 Å². The first kappa shape index (κ1) is 16.3. The molecule has 0 aliphatic carbocycles. The molecule has 0 aliphatic rings. The van der Waals surface area contributed by atoms with Crippen molar-refractivity contribution in [3.63, 3.8) is 0 Å². The molecule has 1 heterocycles. The number of nitrogens with one attached hydrogen (secondary N) is 1. The Hall–Kier alpha value is -1.08. The third-order valence-electron chi connectivity index (χ3n) is 2.90. The normalized spacial score (nSPS) is 13.3. The predicted octanol–water partition coefficient (Wildman–Crippen LogP) is 2.64. The van der Waals surface area contributed by atoms with E-state index in [-0.39, 0.29) is 16.2 Å². The maximum Gasteiger partial charge on any atom is 0.261 e. The van der Waals surface area contributed by atoms with Crippen LogP contribution in [0.3, 0.4) is 0 Å². The first-order valence-corrected chi connectivity index (χ1v) is 8.47. The van der Waals surface area contributed by atoms with Crippen LogP contribution in [0, 0.1) is 0 Å². The molecule has 0 spiro atoms. The van der Waals surface area contributed by atoms with E-state index in [1.54, 1.807) is 26.1 Å². The maximum atomic E-state index is 12.2. The van der Waals surface area contributed by atoms with Gasteiger partial charge in [-0.1, -0.05) is 35.3 Å². The molecule has 1 aromatic heterocycles. The third kappa shape index (κ3) is 3.97. The molecule has 2 aromatic rings. The number of hydrogen-bond acceptors (Lipinski definition) is 3. The first-order valence-electron chi connectivity index (χ1n) is 6.23. The highest BCUT2D eigenvalue weighted by Gasteiger charge is 2.24. The Morgan fingerprint density at radius 2 is 1.90 bits per heavy atom. The van der Waals surface area contributed by atoms with Crippen molar-refractivity contribution in [1.82, 2.24) is 14.3 Å².